The van der Waals surface area contributed by atoms with E-state index >= 15 is 0 Å². The number of halogens is 1. The second kappa shape index (κ2) is 9.92. The Bertz CT molecular complexity index is 913. The molecule has 3 rings (SSSR count). The minimum atomic E-state index is -0.161. The molecule has 2 aromatic rings. The summed E-state index contributed by atoms with van der Waals surface area (Å²) in [4.78, 5) is 16.4. The largest absolute Gasteiger partial charge is 1.00 e. The molecular weight excluding hydrogens is 477 g/mol. The maximum atomic E-state index is 12.9. The van der Waals surface area contributed by atoms with Crippen molar-refractivity contribution in [1.29, 1.82) is 0 Å². The summed E-state index contributed by atoms with van der Waals surface area (Å²) in [6, 6.07) is 5.64. The molecule has 158 valence electrons. The number of carbonyl (C=O) groups is 1. The van der Waals surface area contributed by atoms with Gasteiger partial charge in [0, 0.05) is 6.42 Å². The molecule has 1 aliphatic carbocycles. The van der Waals surface area contributed by atoms with Crippen LogP contribution in [-0.2, 0) is 29.5 Å². The minimum absolute atomic E-state index is 0. The van der Waals surface area contributed by atoms with Gasteiger partial charge in [-0.25, -0.2) is 18.8 Å². The molecule has 0 radical (unpaired) electrons. The van der Waals surface area contributed by atoms with Gasteiger partial charge in [0.05, 0.1) is 13.6 Å². The Morgan fingerprint density at radius 2 is 2.10 bits per heavy atom. The predicted molar refractivity (Wildman–Crippen MR) is 110 cm³/mol. The van der Waals surface area contributed by atoms with Gasteiger partial charge in [0.15, 0.2) is 23.3 Å². The van der Waals surface area contributed by atoms with Gasteiger partial charge >= 0.3 is 5.97 Å². The van der Waals surface area contributed by atoms with Crippen molar-refractivity contribution in [2.75, 3.05) is 0 Å². The first-order valence-corrected chi connectivity index (χ1v) is 10.4. The smallest absolute Gasteiger partial charge is 0.348 e. The van der Waals surface area contributed by atoms with E-state index < -0.39 is 0 Å². The van der Waals surface area contributed by atoms with Gasteiger partial charge in [-0.3, -0.25) is 0 Å². The van der Waals surface area contributed by atoms with Crippen LogP contribution in [0.4, 0.5) is 5.69 Å². The predicted octanol–water partition coefficient (Wildman–Crippen LogP) is 1.59. The molecular formula is C23H32IN3O2. The number of esters is 1. The van der Waals surface area contributed by atoms with Gasteiger partial charge < -0.3 is 28.7 Å². The Hall–Kier alpha value is -1.62. The van der Waals surface area contributed by atoms with Crippen molar-refractivity contribution in [1.82, 2.24) is 4.57 Å². The number of imidazole rings is 1. The highest BCUT2D eigenvalue weighted by Crippen LogP contribution is 2.35. The molecule has 1 heterocycles. The molecule has 0 N–H and O–H groups in total. The van der Waals surface area contributed by atoms with Crippen molar-refractivity contribution in [3.05, 3.63) is 35.4 Å². The van der Waals surface area contributed by atoms with Crippen LogP contribution in [0.3, 0.4) is 0 Å². The quantitative estimate of drug-likeness (QED) is 0.266. The molecule has 1 aromatic heterocycles. The maximum Gasteiger partial charge on any atom is 0.348 e. The number of hydrogen-bond acceptors (Lipinski definition) is 2. The van der Waals surface area contributed by atoms with Gasteiger partial charge in [-0.15, -0.1) is 0 Å². The van der Waals surface area contributed by atoms with E-state index in [2.05, 4.69) is 37.1 Å². The highest BCUT2D eigenvalue weighted by Gasteiger charge is 2.34. The summed E-state index contributed by atoms with van der Waals surface area (Å²) in [5, 5.41) is 0. The summed E-state index contributed by atoms with van der Waals surface area (Å²) in [5.41, 5.74) is 2.56. The van der Waals surface area contributed by atoms with Crippen molar-refractivity contribution < 1.29 is 38.1 Å². The Morgan fingerprint density at radius 1 is 1.38 bits per heavy atom. The van der Waals surface area contributed by atoms with Gasteiger partial charge in [-0.05, 0) is 42.7 Å². The van der Waals surface area contributed by atoms with E-state index in [1.165, 1.54) is 6.42 Å². The van der Waals surface area contributed by atoms with Crippen LogP contribution >= 0.6 is 0 Å². The van der Waals surface area contributed by atoms with E-state index in [1.54, 1.807) is 0 Å². The highest BCUT2D eigenvalue weighted by molar-refractivity contribution is 5.78. The zero-order valence-corrected chi connectivity index (χ0v) is 20.3. The third kappa shape index (κ3) is 4.93. The zero-order valence-electron chi connectivity index (χ0n) is 18.1. The van der Waals surface area contributed by atoms with Crippen LogP contribution in [0.1, 0.15) is 52.8 Å². The fourth-order valence-corrected chi connectivity index (χ4v) is 4.73. The van der Waals surface area contributed by atoms with E-state index in [4.69, 9.17) is 11.3 Å². The number of nitrogens with zero attached hydrogens (tertiary/aromatic N) is 3. The lowest BCUT2D eigenvalue weighted by Gasteiger charge is -2.36. The van der Waals surface area contributed by atoms with Crippen LogP contribution in [0.25, 0.3) is 15.9 Å². The summed E-state index contributed by atoms with van der Waals surface area (Å²) in [6.45, 7) is 16.3. The summed E-state index contributed by atoms with van der Waals surface area (Å²) in [5.74, 6) is 2.48. The first-order chi connectivity index (χ1) is 13.3. The first-order valence-electron chi connectivity index (χ1n) is 10.4. The molecule has 6 heteroatoms. The Kier molecular flexibility index (Phi) is 8.10. The molecule has 0 aliphatic heterocycles. The lowest BCUT2D eigenvalue weighted by molar-refractivity contribution is -0.668. The molecule has 1 saturated carbocycles. The third-order valence-electron chi connectivity index (χ3n) is 6.29. The number of rotatable bonds is 5. The van der Waals surface area contributed by atoms with Crippen LogP contribution in [-0.4, -0.2) is 16.6 Å². The molecule has 1 aromatic carbocycles. The average Bonchev–Trinajstić information content (AvgIpc) is 2.92. The topological polar surface area (TPSA) is 39.5 Å². The normalized spacial score (nSPS) is 21.6. The Labute approximate surface area is 191 Å². The van der Waals surface area contributed by atoms with Gasteiger partial charge in [-0.1, -0.05) is 40.2 Å². The fourth-order valence-electron chi connectivity index (χ4n) is 4.73. The number of aromatic nitrogens is 2. The molecule has 1 aliphatic rings. The molecule has 0 bridgehead atoms. The number of aryl methyl sites for hydroxylation is 1. The monoisotopic (exact) mass is 509 g/mol. The van der Waals surface area contributed by atoms with Crippen LogP contribution in [0.15, 0.2) is 18.2 Å². The van der Waals surface area contributed by atoms with Crippen molar-refractivity contribution in [3.8, 4) is 0 Å². The second-order valence-corrected chi connectivity index (χ2v) is 8.55. The number of fused-ring (bicyclic) bond motifs is 1. The molecule has 0 saturated heterocycles. The summed E-state index contributed by atoms with van der Waals surface area (Å²) in [6.07, 6.45) is 4.14. The van der Waals surface area contributed by atoms with Crippen LogP contribution in [0.5, 0.6) is 0 Å². The van der Waals surface area contributed by atoms with Crippen LogP contribution in [0, 0.1) is 24.3 Å². The van der Waals surface area contributed by atoms with E-state index in [0.717, 1.165) is 36.1 Å². The Balaban J connectivity index is 0.00000300. The van der Waals surface area contributed by atoms with Gasteiger partial charge in [0.25, 0.3) is 5.82 Å². The van der Waals surface area contributed by atoms with Crippen LogP contribution in [0.2, 0.25) is 0 Å². The van der Waals surface area contributed by atoms with Crippen molar-refractivity contribution in [2.24, 2.45) is 24.8 Å². The molecule has 0 spiro atoms. The van der Waals surface area contributed by atoms with Crippen molar-refractivity contribution >= 4 is 22.7 Å². The number of carbonyl (C=O) groups excluding carboxylic acids is 1. The standard InChI is InChI=1S/C23H32N3O2.HI/c1-7-22-25(6)20-13-17(24-5)9-11-19(20)26(22)14-23(27)28-21-12-16(4)8-10-18(21)15(2)3;/h9,11,13,15-16,18,21H,7-8,10,12,14H2,1-4,6H3;1H/q+1;/p-1/t16-,18+,21?;/m1./s1. The molecule has 0 amide bonds. The van der Waals surface area contributed by atoms with Gasteiger partial charge in [-0.2, -0.15) is 0 Å². The molecule has 3 atom stereocenters. The SMILES string of the molecule is [C-]#[N+]c1ccc2c(c1)n(C)c(CC)[n+]2CC(=O)OC1C[C@H](C)CC[C@H]1C(C)C.[I-]. The molecule has 5 nitrogen and oxygen atoms in total. The lowest BCUT2D eigenvalue weighted by atomic mass is 9.75. The van der Waals surface area contributed by atoms with E-state index in [9.17, 15) is 4.79 Å². The molecule has 29 heavy (non-hydrogen) atoms. The van der Waals surface area contributed by atoms with Gasteiger partial charge in [0.2, 0.25) is 0 Å². The van der Waals surface area contributed by atoms with Crippen LogP contribution < -0.4 is 28.5 Å². The van der Waals surface area contributed by atoms with E-state index in [-0.39, 0.29) is 42.6 Å². The Morgan fingerprint density at radius 3 is 2.72 bits per heavy atom. The van der Waals surface area contributed by atoms with E-state index in [1.807, 2.05) is 29.8 Å². The number of ether oxygens (including phenoxy) is 1. The summed E-state index contributed by atoms with van der Waals surface area (Å²) >= 11 is 0. The van der Waals surface area contributed by atoms with E-state index in [0.29, 0.717) is 23.4 Å². The first kappa shape index (κ1) is 23.7. The molecule has 1 fully saturated rings. The minimum Gasteiger partial charge on any atom is -1.00 e. The number of hydrogen-bond donors (Lipinski definition) is 0. The number of benzene rings is 1. The summed E-state index contributed by atoms with van der Waals surface area (Å²) < 4.78 is 10.1. The maximum absolute atomic E-state index is 12.9. The second-order valence-electron chi connectivity index (χ2n) is 8.55. The fraction of sp³-hybridized carbons (Fsp3) is 0.609. The van der Waals surface area contributed by atoms with Crippen molar-refractivity contribution in [2.45, 2.75) is 66.0 Å². The summed E-state index contributed by atoms with van der Waals surface area (Å²) in [7, 11) is 1.99. The lowest BCUT2D eigenvalue weighted by Crippen LogP contribution is -3.00. The van der Waals surface area contributed by atoms with Crippen molar-refractivity contribution in [3.63, 3.8) is 0 Å². The highest BCUT2D eigenvalue weighted by atomic mass is 127. The zero-order chi connectivity index (χ0) is 20.4. The average molecular weight is 509 g/mol. The molecule has 1 unspecified atom stereocenters. The van der Waals surface area contributed by atoms with Gasteiger partial charge in [0.1, 0.15) is 6.10 Å². The third-order valence-corrected chi connectivity index (χ3v) is 6.29.